The molecule has 0 saturated carbocycles. The van der Waals surface area contributed by atoms with E-state index in [2.05, 4.69) is 13.8 Å². The standard InChI is InChI=1S/C18H36O2.C4H10O3/c1-17(2)15-13-11-9-7-5-3-4-6-8-10-12-14-16-18(19)20;1-2-3-4(5,6)7/h17H,3-16H2,1-2H3,(H,19,20);5-7H,2-3H2,1H3. The van der Waals surface area contributed by atoms with Crippen molar-refractivity contribution >= 4 is 5.97 Å². The molecule has 0 spiro atoms. The Morgan fingerprint density at radius 2 is 1.11 bits per heavy atom. The average Bonchev–Trinajstić information content (AvgIpc) is 2.54. The molecule has 0 radical (unpaired) electrons. The molecular weight excluding hydrogens is 344 g/mol. The highest BCUT2D eigenvalue weighted by Crippen LogP contribution is 2.14. The second kappa shape index (κ2) is 20.1. The SMILES string of the molecule is CC(C)CCCCCCCCCCCCCCC(=O)O.CCCC(O)(O)O. The van der Waals surface area contributed by atoms with Crippen LogP contribution in [0, 0.1) is 5.92 Å². The van der Waals surface area contributed by atoms with Gasteiger partial charge in [0.1, 0.15) is 0 Å². The normalized spacial score (nSPS) is 11.4. The van der Waals surface area contributed by atoms with Crippen LogP contribution in [-0.2, 0) is 4.79 Å². The van der Waals surface area contributed by atoms with Gasteiger partial charge in [-0.05, 0) is 18.8 Å². The number of carbonyl (C=O) groups is 1. The van der Waals surface area contributed by atoms with Gasteiger partial charge in [0, 0.05) is 12.8 Å². The summed E-state index contributed by atoms with van der Waals surface area (Å²) in [6.07, 6.45) is 17.9. The number of hydrogen-bond acceptors (Lipinski definition) is 4. The van der Waals surface area contributed by atoms with E-state index in [1.54, 1.807) is 6.92 Å². The average molecular weight is 391 g/mol. The number of hydrogen-bond donors (Lipinski definition) is 4. The first-order valence-electron chi connectivity index (χ1n) is 11.1. The van der Waals surface area contributed by atoms with E-state index in [1.165, 1.54) is 70.6 Å². The molecule has 0 aliphatic rings. The van der Waals surface area contributed by atoms with Gasteiger partial charge >= 0.3 is 5.97 Å². The van der Waals surface area contributed by atoms with Crippen LogP contribution < -0.4 is 0 Å². The largest absolute Gasteiger partial charge is 0.481 e. The van der Waals surface area contributed by atoms with Crippen molar-refractivity contribution in [3.8, 4) is 0 Å². The quantitative estimate of drug-likeness (QED) is 0.191. The minimum Gasteiger partial charge on any atom is -0.481 e. The van der Waals surface area contributed by atoms with Crippen molar-refractivity contribution in [2.45, 2.75) is 129 Å². The zero-order valence-corrected chi connectivity index (χ0v) is 18.1. The van der Waals surface area contributed by atoms with Crippen molar-refractivity contribution < 1.29 is 25.2 Å². The fraction of sp³-hybridized carbons (Fsp3) is 0.955. The lowest BCUT2D eigenvalue weighted by atomic mass is 10.0. The van der Waals surface area contributed by atoms with Crippen molar-refractivity contribution in [2.24, 2.45) is 5.92 Å². The van der Waals surface area contributed by atoms with Crippen LogP contribution in [0.2, 0.25) is 0 Å². The third kappa shape index (κ3) is 33.4. The van der Waals surface area contributed by atoms with Crippen molar-refractivity contribution in [1.82, 2.24) is 0 Å². The highest BCUT2D eigenvalue weighted by atomic mass is 16.7. The fourth-order valence-electron chi connectivity index (χ4n) is 2.93. The summed E-state index contributed by atoms with van der Waals surface area (Å²) in [7, 11) is 0. The third-order valence-corrected chi connectivity index (χ3v) is 4.51. The lowest BCUT2D eigenvalue weighted by Gasteiger charge is -2.10. The van der Waals surface area contributed by atoms with Gasteiger partial charge in [-0.15, -0.1) is 0 Å². The highest BCUT2D eigenvalue weighted by molar-refractivity contribution is 5.66. The number of aliphatic hydroxyl groups is 3. The van der Waals surface area contributed by atoms with E-state index in [4.69, 9.17) is 20.4 Å². The van der Waals surface area contributed by atoms with Gasteiger partial charge in [0.25, 0.3) is 5.97 Å². The summed E-state index contributed by atoms with van der Waals surface area (Å²) in [6, 6.07) is 0. The maximum absolute atomic E-state index is 10.3. The summed E-state index contributed by atoms with van der Waals surface area (Å²) >= 11 is 0. The van der Waals surface area contributed by atoms with E-state index < -0.39 is 11.9 Å². The molecule has 0 unspecified atom stereocenters. The van der Waals surface area contributed by atoms with Gasteiger partial charge < -0.3 is 20.4 Å². The topological polar surface area (TPSA) is 98.0 Å². The van der Waals surface area contributed by atoms with Gasteiger partial charge in [-0.1, -0.05) is 97.8 Å². The summed E-state index contributed by atoms with van der Waals surface area (Å²) in [4.78, 5) is 10.3. The fourth-order valence-corrected chi connectivity index (χ4v) is 2.93. The van der Waals surface area contributed by atoms with Crippen LogP contribution in [0.15, 0.2) is 0 Å². The van der Waals surface area contributed by atoms with Gasteiger partial charge in [0.2, 0.25) is 0 Å². The zero-order valence-electron chi connectivity index (χ0n) is 18.1. The molecule has 4 N–H and O–H groups in total. The molecule has 0 fully saturated rings. The minimum absolute atomic E-state index is 0.00694. The maximum atomic E-state index is 10.3. The summed E-state index contributed by atoms with van der Waals surface area (Å²) in [5, 5.41) is 32.9. The van der Waals surface area contributed by atoms with Crippen LogP contribution in [0.1, 0.15) is 124 Å². The van der Waals surface area contributed by atoms with E-state index in [0.717, 1.165) is 18.8 Å². The Kier molecular flexibility index (Phi) is 21.3. The second-order valence-electron chi connectivity index (χ2n) is 8.09. The monoisotopic (exact) mass is 390 g/mol. The molecular formula is C22H46O5. The van der Waals surface area contributed by atoms with Crippen molar-refractivity contribution in [3.63, 3.8) is 0 Å². The Morgan fingerprint density at radius 3 is 1.37 bits per heavy atom. The van der Waals surface area contributed by atoms with Crippen LogP contribution >= 0.6 is 0 Å². The number of carboxylic acid groups (broad SMARTS) is 1. The molecule has 0 aliphatic heterocycles. The zero-order chi connectivity index (χ0) is 21.0. The van der Waals surface area contributed by atoms with Crippen molar-refractivity contribution in [1.29, 1.82) is 0 Å². The first-order chi connectivity index (χ1) is 12.7. The number of aliphatic carboxylic acids is 1. The molecule has 0 saturated heterocycles. The minimum atomic E-state index is -2.45. The van der Waals surface area contributed by atoms with Crippen molar-refractivity contribution in [2.75, 3.05) is 0 Å². The Balaban J connectivity index is 0. The van der Waals surface area contributed by atoms with Crippen LogP contribution in [0.25, 0.3) is 0 Å². The first kappa shape index (κ1) is 28.6. The van der Waals surface area contributed by atoms with Crippen LogP contribution in [0.3, 0.4) is 0 Å². The van der Waals surface area contributed by atoms with E-state index in [9.17, 15) is 4.79 Å². The van der Waals surface area contributed by atoms with Crippen molar-refractivity contribution in [3.05, 3.63) is 0 Å². The third-order valence-electron chi connectivity index (χ3n) is 4.51. The molecule has 164 valence electrons. The molecule has 0 amide bonds. The lowest BCUT2D eigenvalue weighted by Crippen LogP contribution is -2.26. The van der Waals surface area contributed by atoms with Gasteiger partial charge in [-0.2, -0.15) is 0 Å². The van der Waals surface area contributed by atoms with Crippen LogP contribution in [0.4, 0.5) is 0 Å². The predicted octanol–water partition coefficient (Wildman–Crippen LogP) is 5.61. The van der Waals surface area contributed by atoms with Gasteiger partial charge in [-0.3, -0.25) is 4.79 Å². The summed E-state index contributed by atoms with van der Waals surface area (Å²) in [6.45, 7) is 6.36. The van der Waals surface area contributed by atoms with Crippen LogP contribution in [0.5, 0.6) is 0 Å². The summed E-state index contributed by atoms with van der Waals surface area (Å²) in [5.41, 5.74) is 0. The Labute approximate surface area is 167 Å². The number of carboxylic acids is 1. The molecule has 27 heavy (non-hydrogen) atoms. The molecule has 5 nitrogen and oxygen atoms in total. The Hall–Kier alpha value is -0.650. The Bertz CT molecular complexity index is 310. The van der Waals surface area contributed by atoms with E-state index in [-0.39, 0.29) is 6.42 Å². The number of unbranched alkanes of at least 4 members (excludes halogenated alkanes) is 11. The molecule has 5 heteroatoms. The Morgan fingerprint density at radius 1 is 0.741 bits per heavy atom. The van der Waals surface area contributed by atoms with E-state index in [1.807, 2.05) is 0 Å². The second-order valence-corrected chi connectivity index (χ2v) is 8.09. The molecule has 0 aromatic rings. The first-order valence-corrected chi connectivity index (χ1v) is 11.1. The smallest absolute Gasteiger partial charge is 0.303 e. The molecule has 0 aromatic heterocycles. The van der Waals surface area contributed by atoms with Gasteiger partial charge in [0.05, 0.1) is 0 Å². The molecule has 0 atom stereocenters. The summed E-state index contributed by atoms with van der Waals surface area (Å²) in [5.74, 6) is -2.24. The maximum Gasteiger partial charge on any atom is 0.303 e. The van der Waals surface area contributed by atoms with Gasteiger partial charge in [0.15, 0.2) is 0 Å². The molecule has 0 rings (SSSR count). The highest BCUT2D eigenvalue weighted by Gasteiger charge is 2.14. The molecule has 0 aromatic carbocycles. The molecule has 0 aliphatic carbocycles. The van der Waals surface area contributed by atoms with E-state index >= 15 is 0 Å². The molecule has 0 bridgehead atoms. The predicted molar refractivity (Wildman–Crippen MR) is 111 cm³/mol. The van der Waals surface area contributed by atoms with Crippen LogP contribution in [-0.4, -0.2) is 32.4 Å². The molecule has 0 heterocycles. The lowest BCUT2D eigenvalue weighted by molar-refractivity contribution is -0.314. The summed E-state index contributed by atoms with van der Waals surface area (Å²) < 4.78 is 0. The number of rotatable bonds is 17. The van der Waals surface area contributed by atoms with Gasteiger partial charge in [-0.25, -0.2) is 0 Å². The van der Waals surface area contributed by atoms with E-state index in [0.29, 0.717) is 12.8 Å².